The van der Waals surface area contributed by atoms with E-state index in [9.17, 15) is 9.59 Å². The van der Waals surface area contributed by atoms with E-state index in [0.29, 0.717) is 19.5 Å². The van der Waals surface area contributed by atoms with Crippen LogP contribution in [0.15, 0.2) is 6.07 Å². The maximum absolute atomic E-state index is 12.2. The predicted octanol–water partition coefficient (Wildman–Crippen LogP) is 1.13. The minimum Gasteiger partial charge on any atom is -0.354 e. The zero-order valence-electron chi connectivity index (χ0n) is 13.7. The van der Waals surface area contributed by atoms with Gasteiger partial charge in [0.1, 0.15) is 6.04 Å². The van der Waals surface area contributed by atoms with Crippen LogP contribution in [0, 0.1) is 0 Å². The van der Waals surface area contributed by atoms with E-state index in [1.54, 1.807) is 11.9 Å². The average Bonchev–Trinajstić information content (AvgIpc) is 2.89. The van der Waals surface area contributed by atoms with Gasteiger partial charge in [0.05, 0.1) is 17.9 Å². The van der Waals surface area contributed by atoms with Crippen LogP contribution in [0.1, 0.15) is 45.0 Å². The van der Waals surface area contributed by atoms with Crippen LogP contribution in [-0.2, 0) is 16.8 Å². The van der Waals surface area contributed by atoms with Crippen molar-refractivity contribution >= 4 is 11.9 Å². The fourth-order valence-electron chi connectivity index (χ4n) is 2.32. The van der Waals surface area contributed by atoms with E-state index in [-0.39, 0.29) is 17.4 Å². The molecule has 3 N–H and O–H groups in total. The molecule has 0 saturated carbocycles. The molecule has 0 aliphatic carbocycles. The summed E-state index contributed by atoms with van der Waals surface area (Å²) in [4.78, 5) is 25.4. The molecule has 0 unspecified atom stereocenters. The Bertz CT molecular complexity index is 546. The molecule has 7 nitrogen and oxygen atoms in total. The first-order valence-electron chi connectivity index (χ1n) is 7.61. The first kappa shape index (κ1) is 16.3. The molecule has 1 aromatic heterocycles. The highest BCUT2D eigenvalue weighted by atomic mass is 16.2. The van der Waals surface area contributed by atoms with Crippen molar-refractivity contribution in [3.8, 4) is 0 Å². The summed E-state index contributed by atoms with van der Waals surface area (Å²) in [6.07, 6.45) is 1.57. The lowest BCUT2D eigenvalue weighted by Gasteiger charge is -2.25. The van der Waals surface area contributed by atoms with Gasteiger partial charge < -0.3 is 15.5 Å². The third-order valence-electron chi connectivity index (χ3n) is 3.74. The molecule has 0 radical (unpaired) electrons. The second kappa shape index (κ2) is 6.37. The Kier molecular flexibility index (Phi) is 4.73. The molecular weight excluding hydrogens is 282 g/mol. The van der Waals surface area contributed by atoms with E-state index in [1.807, 2.05) is 6.07 Å². The molecule has 1 aliphatic heterocycles. The Morgan fingerprint density at radius 1 is 1.50 bits per heavy atom. The lowest BCUT2D eigenvalue weighted by molar-refractivity contribution is -0.124. The number of rotatable bonds is 3. The smallest absolute Gasteiger partial charge is 0.318 e. The number of H-pyrrole nitrogens is 1. The molecule has 0 aromatic carbocycles. The molecule has 2 rings (SSSR count). The van der Waals surface area contributed by atoms with E-state index >= 15 is 0 Å². The van der Waals surface area contributed by atoms with Crippen LogP contribution in [0.2, 0.25) is 0 Å². The monoisotopic (exact) mass is 307 g/mol. The topological polar surface area (TPSA) is 90.1 Å². The minimum absolute atomic E-state index is 0.0320. The molecule has 1 aliphatic rings. The summed E-state index contributed by atoms with van der Waals surface area (Å²) in [5, 5.41) is 12.8. The van der Waals surface area contributed by atoms with Gasteiger partial charge in [-0.05, 0) is 18.9 Å². The second-order valence-electron chi connectivity index (χ2n) is 6.82. The molecule has 1 aromatic rings. The molecule has 0 spiro atoms. The van der Waals surface area contributed by atoms with Crippen LogP contribution in [0.4, 0.5) is 4.79 Å². The summed E-state index contributed by atoms with van der Waals surface area (Å²) in [5.41, 5.74) is 1.80. The summed E-state index contributed by atoms with van der Waals surface area (Å²) in [7, 11) is 1.70. The van der Waals surface area contributed by atoms with Crippen molar-refractivity contribution in [1.82, 2.24) is 25.7 Å². The van der Waals surface area contributed by atoms with Crippen LogP contribution in [0.25, 0.3) is 0 Å². The highest BCUT2D eigenvalue weighted by Gasteiger charge is 2.25. The zero-order valence-corrected chi connectivity index (χ0v) is 13.7. The van der Waals surface area contributed by atoms with Crippen molar-refractivity contribution in [2.45, 2.75) is 51.6 Å². The number of carbonyl (C=O) groups is 2. The Balaban J connectivity index is 1.91. The molecular formula is C15H25N5O2. The van der Waals surface area contributed by atoms with Crippen molar-refractivity contribution in [3.63, 3.8) is 0 Å². The van der Waals surface area contributed by atoms with Gasteiger partial charge >= 0.3 is 6.03 Å². The number of nitrogens with one attached hydrogen (secondary N) is 3. The summed E-state index contributed by atoms with van der Waals surface area (Å²) in [6.45, 7) is 7.37. The lowest BCUT2D eigenvalue weighted by Crippen LogP contribution is -2.52. The van der Waals surface area contributed by atoms with Gasteiger partial charge in [-0.1, -0.05) is 20.8 Å². The summed E-state index contributed by atoms with van der Waals surface area (Å²) in [6, 6.07) is 1.28. The van der Waals surface area contributed by atoms with E-state index in [4.69, 9.17) is 0 Å². The Morgan fingerprint density at radius 2 is 2.23 bits per heavy atom. The van der Waals surface area contributed by atoms with Gasteiger partial charge in [0.25, 0.3) is 0 Å². The van der Waals surface area contributed by atoms with Gasteiger partial charge in [-0.15, -0.1) is 0 Å². The van der Waals surface area contributed by atoms with Crippen molar-refractivity contribution in [1.29, 1.82) is 0 Å². The van der Waals surface area contributed by atoms with Gasteiger partial charge in [-0.3, -0.25) is 9.89 Å². The fourth-order valence-corrected chi connectivity index (χ4v) is 2.32. The third-order valence-corrected chi connectivity index (χ3v) is 3.74. The molecule has 1 saturated heterocycles. The van der Waals surface area contributed by atoms with Crippen LogP contribution in [-0.4, -0.2) is 46.7 Å². The van der Waals surface area contributed by atoms with Gasteiger partial charge in [-0.25, -0.2) is 4.79 Å². The lowest BCUT2D eigenvalue weighted by atomic mass is 9.92. The van der Waals surface area contributed by atoms with Crippen LogP contribution >= 0.6 is 0 Å². The largest absolute Gasteiger partial charge is 0.354 e. The van der Waals surface area contributed by atoms with Crippen LogP contribution in [0.5, 0.6) is 0 Å². The fraction of sp³-hybridized carbons (Fsp3) is 0.667. The number of aromatic nitrogens is 2. The Labute approximate surface area is 130 Å². The Hall–Kier alpha value is -2.05. The maximum atomic E-state index is 12.2. The quantitative estimate of drug-likeness (QED) is 0.782. The number of hydrogen-bond donors (Lipinski definition) is 3. The highest BCUT2D eigenvalue weighted by molar-refractivity contribution is 5.87. The van der Waals surface area contributed by atoms with Gasteiger partial charge in [0.2, 0.25) is 5.91 Å². The SMILES string of the molecule is CN(Cc1cc(C(C)(C)C)n[nH]1)C(=O)N[C@@H]1CCCNC1=O. The average molecular weight is 307 g/mol. The molecule has 3 amide bonds. The maximum Gasteiger partial charge on any atom is 0.318 e. The van der Waals surface area contributed by atoms with E-state index in [2.05, 4.69) is 41.6 Å². The second-order valence-corrected chi connectivity index (χ2v) is 6.82. The first-order valence-corrected chi connectivity index (χ1v) is 7.61. The molecule has 7 heteroatoms. The van der Waals surface area contributed by atoms with E-state index in [1.165, 1.54) is 0 Å². The van der Waals surface area contributed by atoms with Crippen molar-refractivity contribution in [2.24, 2.45) is 0 Å². The molecule has 1 fully saturated rings. The molecule has 0 bridgehead atoms. The summed E-state index contributed by atoms with van der Waals surface area (Å²) in [5.74, 6) is -0.107. The molecule has 2 heterocycles. The number of urea groups is 1. The minimum atomic E-state index is -0.435. The first-order chi connectivity index (χ1) is 10.3. The third kappa shape index (κ3) is 3.99. The normalized spacial score (nSPS) is 18.7. The van der Waals surface area contributed by atoms with E-state index < -0.39 is 6.04 Å². The number of piperidine rings is 1. The Morgan fingerprint density at radius 3 is 2.82 bits per heavy atom. The van der Waals surface area contributed by atoms with Crippen molar-refractivity contribution in [3.05, 3.63) is 17.5 Å². The summed E-state index contributed by atoms with van der Waals surface area (Å²) < 4.78 is 0. The molecule has 22 heavy (non-hydrogen) atoms. The van der Waals surface area contributed by atoms with Crippen molar-refractivity contribution < 1.29 is 9.59 Å². The number of amides is 3. The molecule has 1 atom stereocenters. The number of hydrogen-bond acceptors (Lipinski definition) is 3. The zero-order chi connectivity index (χ0) is 16.3. The van der Waals surface area contributed by atoms with E-state index in [0.717, 1.165) is 17.8 Å². The standard InChI is InChI=1S/C15H25N5O2/c1-15(2,3)12-8-10(18-19-12)9-20(4)14(22)17-11-6-5-7-16-13(11)21/h8,11H,5-7,9H2,1-4H3,(H,16,21)(H,17,22)(H,18,19)/t11-/m1/s1. The van der Waals surface area contributed by atoms with Gasteiger partial charge in [0, 0.05) is 19.0 Å². The number of aromatic amines is 1. The summed E-state index contributed by atoms with van der Waals surface area (Å²) >= 11 is 0. The predicted molar refractivity (Wildman–Crippen MR) is 83.3 cm³/mol. The molecule has 122 valence electrons. The van der Waals surface area contributed by atoms with Gasteiger partial charge in [-0.2, -0.15) is 5.10 Å². The number of carbonyl (C=O) groups excluding carboxylic acids is 2. The highest BCUT2D eigenvalue weighted by Crippen LogP contribution is 2.20. The van der Waals surface area contributed by atoms with Crippen LogP contribution in [0.3, 0.4) is 0 Å². The number of nitrogens with zero attached hydrogens (tertiary/aromatic N) is 2. The van der Waals surface area contributed by atoms with Crippen LogP contribution < -0.4 is 10.6 Å². The van der Waals surface area contributed by atoms with Crippen molar-refractivity contribution in [2.75, 3.05) is 13.6 Å². The van der Waals surface area contributed by atoms with Gasteiger partial charge in [0.15, 0.2) is 0 Å².